The molecule has 1 saturated heterocycles. The number of hydrogen-bond acceptors (Lipinski definition) is 4. The van der Waals surface area contributed by atoms with Gasteiger partial charge < -0.3 is 21.1 Å². The van der Waals surface area contributed by atoms with Crippen molar-refractivity contribution in [2.24, 2.45) is 0 Å². The minimum absolute atomic E-state index is 0.136. The quantitative estimate of drug-likeness (QED) is 0.708. The second kappa shape index (κ2) is 6.27. The predicted octanol–water partition coefficient (Wildman–Crippen LogP) is 0.676. The summed E-state index contributed by atoms with van der Waals surface area (Å²) in [7, 11) is 1.53. The molecule has 0 saturated carbocycles. The van der Waals surface area contributed by atoms with Crippen molar-refractivity contribution < 1.29 is 14.3 Å². The molecule has 4 N–H and O–H groups in total. The van der Waals surface area contributed by atoms with Crippen LogP contribution < -0.4 is 21.1 Å². The molecule has 1 fully saturated rings. The molecule has 1 aliphatic rings. The summed E-state index contributed by atoms with van der Waals surface area (Å²) in [6, 6.07) is 4.35. The molecule has 0 bridgehead atoms. The highest BCUT2D eigenvalue weighted by Crippen LogP contribution is 2.20. The van der Waals surface area contributed by atoms with Crippen LogP contribution in [-0.4, -0.2) is 31.5 Å². The van der Waals surface area contributed by atoms with Crippen LogP contribution in [0.25, 0.3) is 0 Å². The van der Waals surface area contributed by atoms with E-state index in [4.69, 9.17) is 10.5 Å². The molecule has 0 aliphatic carbocycles. The van der Waals surface area contributed by atoms with E-state index >= 15 is 0 Å². The second-order valence-corrected chi connectivity index (χ2v) is 4.77. The lowest BCUT2D eigenvalue weighted by Gasteiger charge is -2.16. The molecule has 1 unspecified atom stereocenters. The van der Waals surface area contributed by atoms with Crippen LogP contribution in [0, 0.1) is 0 Å². The van der Waals surface area contributed by atoms with E-state index in [1.54, 1.807) is 18.2 Å². The van der Waals surface area contributed by atoms with E-state index in [9.17, 15) is 9.59 Å². The van der Waals surface area contributed by atoms with Gasteiger partial charge in [0.05, 0.1) is 12.7 Å². The largest absolute Gasteiger partial charge is 0.497 e. The molecule has 6 heteroatoms. The molecular formula is C14H19N3O3. The number of benzene rings is 1. The van der Waals surface area contributed by atoms with Crippen molar-refractivity contribution in [1.29, 1.82) is 0 Å². The maximum atomic E-state index is 12.2. The summed E-state index contributed by atoms with van der Waals surface area (Å²) in [4.78, 5) is 24.0. The van der Waals surface area contributed by atoms with Crippen LogP contribution in [-0.2, 0) is 4.79 Å². The van der Waals surface area contributed by atoms with Crippen LogP contribution in [0.4, 0.5) is 5.69 Å². The van der Waals surface area contributed by atoms with Gasteiger partial charge in [-0.2, -0.15) is 0 Å². The Morgan fingerprint density at radius 3 is 2.95 bits per heavy atom. The highest BCUT2D eigenvalue weighted by molar-refractivity contribution is 6.01. The van der Waals surface area contributed by atoms with E-state index in [0.29, 0.717) is 30.0 Å². The fourth-order valence-electron chi connectivity index (χ4n) is 2.19. The van der Waals surface area contributed by atoms with Crippen molar-refractivity contribution >= 4 is 17.5 Å². The summed E-state index contributed by atoms with van der Waals surface area (Å²) in [5, 5.41) is 5.51. The van der Waals surface area contributed by atoms with Crippen LogP contribution >= 0.6 is 0 Å². The van der Waals surface area contributed by atoms with E-state index < -0.39 is 6.04 Å². The van der Waals surface area contributed by atoms with Crippen LogP contribution in [0.1, 0.15) is 29.6 Å². The lowest BCUT2D eigenvalue weighted by atomic mass is 10.1. The van der Waals surface area contributed by atoms with E-state index in [1.807, 2.05) is 0 Å². The Morgan fingerprint density at radius 2 is 2.25 bits per heavy atom. The standard InChI is InChI=1S/C14H19N3O3/c1-20-9-5-6-10(11(15)8-9)13(18)17-12-4-2-3-7-16-14(12)19/h5-6,8,12H,2-4,7,15H2,1H3,(H,16,19)(H,17,18). The Bertz CT molecular complexity index is 516. The minimum Gasteiger partial charge on any atom is -0.497 e. The molecule has 108 valence electrons. The normalized spacial score (nSPS) is 18.9. The first kappa shape index (κ1) is 14.2. The van der Waals surface area contributed by atoms with E-state index in [-0.39, 0.29) is 11.8 Å². The smallest absolute Gasteiger partial charge is 0.254 e. The van der Waals surface area contributed by atoms with E-state index in [1.165, 1.54) is 7.11 Å². The molecule has 0 spiro atoms. The molecule has 1 aromatic rings. The number of hydrogen-bond donors (Lipinski definition) is 3. The van der Waals surface area contributed by atoms with Gasteiger partial charge in [0.25, 0.3) is 5.91 Å². The minimum atomic E-state index is -0.494. The molecule has 2 rings (SSSR count). The number of rotatable bonds is 3. The van der Waals surface area contributed by atoms with Gasteiger partial charge in [-0.1, -0.05) is 0 Å². The third-order valence-corrected chi connectivity index (χ3v) is 3.34. The molecule has 1 atom stereocenters. The van der Waals surface area contributed by atoms with Gasteiger partial charge in [0.1, 0.15) is 11.8 Å². The van der Waals surface area contributed by atoms with Crippen LogP contribution in [0.5, 0.6) is 5.75 Å². The average molecular weight is 277 g/mol. The summed E-state index contributed by atoms with van der Waals surface area (Å²) in [6.45, 7) is 0.663. The summed E-state index contributed by atoms with van der Waals surface area (Å²) >= 11 is 0. The van der Waals surface area contributed by atoms with Crippen molar-refractivity contribution in [1.82, 2.24) is 10.6 Å². The maximum absolute atomic E-state index is 12.2. The zero-order valence-corrected chi connectivity index (χ0v) is 11.4. The Labute approximate surface area is 117 Å². The summed E-state index contributed by atoms with van der Waals surface area (Å²) in [5.41, 5.74) is 6.51. The number of methoxy groups -OCH3 is 1. The number of nitrogen functional groups attached to an aromatic ring is 1. The highest BCUT2D eigenvalue weighted by atomic mass is 16.5. The molecule has 20 heavy (non-hydrogen) atoms. The molecule has 0 aromatic heterocycles. The number of carbonyl (C=O) groups excluding carboxylic acids is 2. The van der Waals surface area contributed by atoms with Gasteiger partial charge in [0.15, 0.2) is 0 Å². The Kier molecular flexibility index (Phi) is 4.45. The molecular weight excluding hydrogens is 258 g/mol. The third-order valence-electron chi connectivity index (χ3n) is 3.34. The topological polar surface area (TPSA) is 93.5 Å². The van der Waals surface area contributed by atoms with Gasteiger partial charge in [-0.25, -0.2) is 0 Å². The molecule has 1 aromatic carbocycles. The summed E-state index contributed by atoms with van der Waals surface area (Å²) in [5.74, 6) is 0.112. The van der Waals surface area contributed by atoms with E-state index in [0.717, 1.165) is 12.8 Å². The lowest BCUT2D eigenvalue weighted by Crippen LogP contribution is -2.45. The van der Waals surface area contributed by atoms with Crippen LogP contribution in [0.2, 0.25) is 0 Å². The number of carbonyl (C=O) groups is 2. The van der Waals surface area contributed by atoms with Crippen LogP contribution in [0.15, 0.2) is 18.2 Å². The van der Waals surface area contributed by atoms with Crippen molar-refractivity contribution in [3.8, 4) is 5.75 Å². The fourth-order valence-corrected chi connectivity index (χ4v) is 2.19. The molecule has 0 radical (unpaired) electrons. The van der Waals surface area contributed by atoms with Crippen molar-refractivity contribution in [2.45, 2.75) is 25.3 Å². The van der Waals surface area contributed by atoms with Crippen molar-refractivity contribution in [2.75, 3.05) is 19.4 Å². The summed E-state index contributed by atoms with van der Waals surface area (Å²) < 4.78 is 5.04. The second-order valence-electron chi connectivity index (χ2n) is 4.77. The monoisotopic (exact) mass is 277 g/mol. The third kappa shape index (κ3) is 3.20. The van der Waals surface area contributed by atoms with Gasteiger partial charge in [0, 0.05) is 18.3 Å². The number of ether oxygens (including phenoxy) is 1. The van der Waals surface area contributed by atoms with Crippen molar-refractivity contribution in [3.63, 3.8) is 0 Å². The maximum Gasteiger partial charge on any atom is 0.254 e. The van der Waals surface area contributed by atoms with Gasteiger partial charge in [-0.15, -0.1) is 0 Å². The molecule has 1 aliphatic heterocycles. The predicted molar refractivity (Wildman–Crippen MR) is 75.5 cm³/mol. The zero-order valence-electron chi connectivity index (χ0n) is 11.4. The lowest BCUT2D eigenvalue weighted by molar-refractivity contribution is -0.122. The molecule has 6 nitrogen and oxygen atoms in total. The number of anilines is 1. The fraction of sp³-hybridized carbons (Fsp3) is 0.429. The number of nitrogens with two attached hydrogens (primary N) is 1. The first-order valence-corrected chi connectivity index (χ1v) is 6.64. The first-order valence-electron chi connectivity index (χ1n) is 6.64. The Balaban J connectivity index is 2.09. The van der Waals surface area contributed by atoms with Gasteiger partial charge >= 0.3 is 0 Å². The number of amides is 2. The van der Waals surface area contributed by atoms with Gasteiger partial charge in [-0.3, -0.25) is 9.59 Å². The number of nitrogens with one attached hydrogen (secondary N) is 2. The van der Waals surface area contributed by atoms with Crippen molar-refractivity contribution in [3.05, 3.63) is 23.8 Å². The Hall–Kier alpha value is -2.24. The van der Waals surface area contributed by atoms with E-state index in [2.05, 4.69) is 10.6 Å². The zero-order chi connectivity index (χ0) is 14.5. The van der Waals surface area contributed by atoms with Gasteiger partial charge in [0.2, 0.25) is 5.91 Å². The molecule has 1 heterocycles. The first-order chi connectivity index (χ1) is 9.61. The summed E-state index contributed by atoms with van der Waals surface area (Å²) in [6.07, 6.45) is 2.48. The van der Waals surface area contributed by atoms with Crippen LogP contribution in [0.3, 0.4) is 0 Å². The average Bonchev–Trinajstić information content (AvgIpc) is 2.64. The Morgan fingerprint density at radius 1 is 1.45 bits per heavy atom. The highest BCUT2D eigenvalue weighted by Gasteiger charge is 2.23. The molecule has 2 amide bonds. The van der Waals surface area contributed by atoms with Gasteiger partial charge in [-0.05, 0) is 31.4 Å². The SMILES string of the molecule is COc1ccc(C(=O)NC2CCCCNC2=O)c(N)c1.